The van der Waals surface area contributed by atoms with Crippen molar-refractivity contribution in [1.29, 1.82) is 0 Å². The number of carbonyl (C=O) groups excluding carboxylic acids is 3. The van der Waals surface area contributed by atoms with E-state index in [4.69, 9.17) is 18.9 Å². The second-order valence-electron chi connectivity index (χ2n) is 8.96. The number of nitrogens with zero attached hydrogens (tertiary/aromatic N) is 1. The van der Waals surface area contributed by atoms with Gasteiger partial charge in [-0.05, 0) is 71.9 Å². The number of hydrogen-bond donors (Lipinski definition) is 0. The Labute approximate surface area is 180 Å². The molecule has 0 aliphatic carbocycles. The Morgan fingerprint density at radius 2 is 1.45 bits per heavy atom. The zero-order valence-corrected chi connectivity index (χ0v) is 18.3. The van der Waals surface area contributed by atoms with Crippen molar-refractivity contribution in [2.45, 2.75) is 52.7 Å². The van der Waals surface area contributed by atoms with E-state index in [9.17, 15) is 14.4 Å². The van der Waals surface area contributed by atoms with Gasteiger partial charge in [-0.2, -0.15) is 0 Å². The predicted octanol–water partition coefficient (Wildman–Crippen LogP) is 5.99. The third-order valence-corrected chi connectivity index (χ3v) is 3.92. The molecule has 2 aromatic carbocycles. The molecule has 0 spiro atoms. The van der Waals surface area contributed by atoms with Crippen LogP contribution in [-0.2, 0) is 9.47 Å². The van der Waals surface area contributed by atoms with Gasteiger partial charge in [-0.25, -0.2) is 14.5 Å². The van der Waals surface area contributed by atoms with Crippen molar-refractivity contribution in [3.63, 3.8) is 0 Å². The average Bonchev–Trinajstić information content (AvgIpc) is 2.62. The van der Waals surface area contributed by atoms with Crippen LogP contribution in [0.25, 0.3) is 0 Å². The lowest BCUT2D eigenvalue weighted by atomic mass is 10.1. The summed E-state index contributed by atoms with van der Waals surface area (Å²) >= 11 is 0. The van der Waals surface area contributed by atoms with Crippen molar-refractivity contribution in [3.05, 3.63) is 42.0 Å². The molecule has 0 saturated carbocycles. The summed E-state index contributed by atoms with van der Waals surface area (Å²) in [5, 5.41) is 0. The first kappa shape index (κ1) is 22.1. The Balaban J connectivity index is 1.99. The van der Waals surface area contributed by atoms with Gasteiger partial charge in [0, 0.05) is 11.6 Å². The molecule has 0 fully saturated rings. The lowest BCUT2D eigenvalue weighted by Gasteiger charge is -2.33. The van der Waals surface area contributed by atoms with Gasteiger partial charge in [0.15, 0.2) is 11.5 Å². The van der Waals surface area contributed by atoms with Crippen LogP contribution in [0.4, 0.5) is 21.0 Å². The first-order valence-corrected chi connectivity index (χ1v) is 9.71. The van der Waals surface area contributed by atoms with E-state index in [-0.39, 0.29) is 17.2 Å². The smallest absolute Gasteiger partial charge is 0.453 e. The minimum absolute atomic E-state index is 0.173. The molecule has 1 aliphatic rings. The van der Waals surface area contributed by atoms with Gasteiger partial charge in [-0.3, -0.25) is 4.79 Å². The standard InChI is InChI=1S/C23H25NO7/c1-22(2,3)30-20(26)24-16-9-7-14(13-25)11-18(16)29-19-12-15(8-10-17(19)24)28-21(27)31-23(4,5)6/h7-13H,1-6H3. The maximum absolute atomic E-state index is 13.0. The van der Waals surface area contributed by atoms with E-state index in [2.05, 4.69) is 0 Å². The normalized spacial score (nSPS) is 12.8. The molecule has 3 rings (SSSR count). The van der Waals surface area contributed by atoms with Gasteiger partial charge in [0.05, 0.1) is 11.4 Å². The van der Waals surface area contributed by atoms with Gasteiger partial charge in [-0.15, -0.1) is 0 Å². The molecule has 0 bridgehead atoms. The Hall–Kier alpha value is -3.55. The van der Waals surface area contributed by atoms with Crippen LogP contribution in [0.2, 0.25) is 0 Å². The Kier molecular flexibility index (Phi) is 5.67. The van der Waals surface area contributed by atoms with E-state index in [0.717, 1.165) is 0 Å². The quantitative estimate of drug-likeness (QED) is 0.330. The summed E-state index contributed by atoms with van der Waals surface area (Å²) in [4.78, 5) is 37.5. The van der Waals surface area contributed by atoms with Crippen LogP contribution in [0, 0.1) is 0 Å². The van der Waals surface area contributed by atoms with E-state index in [1.165, 1.54) is 23.1 Å². The minimum atomic E-state index is -0.865. The van der Waals surface area contributed by atoms with E-state index in [1.807, 2.05) is 0 Å². The summed E-state index contributed by atoms with van der Waals surface area (Å²) in [6.45, 7) is 10.5. The lowest BCUT2D eigenvalue weighted by molar-refractivity contribution is 0.0205. The number of fused-ring (bicyclic) bond motifs is 2. The van der Waals surface area contributed by atoms with Crippen LogP contribution in [0.1, 0.15) is 51.9 Å². The molecule has 1 heterocycles. The second kappa shape index (κ2) is 7.94. The first-order chi connectivity index (χ1) is 14.4. The van der Waals surface area contributed by atoms with Crippen LogP contribution in [0.3, 0.4) is 0 Å². The molecular weight excluding hydrogens is 402 g/mol. The summed E-state index contributed by atoms with van der Waals surface area (Å²) in [6, 6.07) is 9.27. The Bertz CT molecular complexity index is 1030. The van der Waals surface area contributed by atoms with Crippen molar-refractivity contribution < 1.29 is 33.3 Å². The van der Waals surface area contributed by atoms with E-state index >= 15 is 0 Å². The molecule has 1 aliphatic heterocycles. The van der Waals surface area contributed by atoms with Gasteiger partial charge in [0.2, 0.25) is 0 Å². The molecular formula is C23H25NO7. The van der Waals surface area contributed by atoms with Gasteiger partial charge in [-0.1, -0.05) is 0 Å². The van der Waals surface area contributed by atoms with Crippen molar-refractivity contribution >= 4 is 29.9 Å². The molecule has 0 atom stereocenters. The molecule has 0 aromatic heterocycles. The van der Waals surface area contributed by atoms with Gasteiger partial charge in [0.25, 0.3) is 0 Å². The number of benzene rings is 2. The molecule has 0 radical (unpaired) electrons. The SMILES string of the molecule is CC(C)(C)OC(=O)Oc1ccc2c(c1)Oc1cc(C=O)ccc1N2C(=O)OC(C)(C)C. The van der Waals surface area contributed by atoms with Crippen LogP contribution in [0.15, 0.2) is 36.4 Å². The monoisotopic (exact) mass is 427 g/mol. The summed E-state index contributed by atoms with van der Waals surface area (Å²) in [7, 11) is 0. The maximum Gasteiger partial charge on any atom is 0.514 e. The fourth-order valence-electron chi connectivity index (χ4n) is 2.81. The summed E-state index contributed by atoms with van der Waals surface area (Å²) in [5.74, 6) is 0.715. The molecule has 8 nitrogen and oxygen atoms in total. The van der Waals surface area contributed by atoms with Crippen molar-refractivity contribution in [1.82, 2.24) is 0 Å². The number of amides is 1. The minimum Gasteiger partial charge on any atom is -0.453 e. The van der Waals surface area contributed by atoms with E-state index < -0.39 is 23.5 Å². The fourth-order valence-corrected chi connectivity index (χ4v) is 2.81. The zero-order chi connectivity index (χ0) is 23.0. The number of ether oxygens (including phenoxy) is 4. The molecule has 0 N–H and O–H groups in total. The molecule has 1 amide bonds. The summed E-state index contributed by atoms with van der Waals surface area (Å²) in [5.41, 5.74) is -0.227. The molecule has 31 heavy (non-hydrogen) atoms. The number of rotatable bonds is 2. The summed E-state index contributed by atoms with van der Waals surface area (Å²) < 4.78 is 21.9. The van der Waals surface area contributed by atoms with Gasteiger partial charge in [0.1, 0.15) is 23.2 Å². The van der Waals surface area contributed by atoms with Gasteiger partial charge < -0.3 is 18.9 Å². The number of carbonyl (C=O) groups is 3. The Morgan fingerprint density at radius 3 is 2.03 bits per heavy atom. The highest BCUT2D eigenvalue weighted by Crippen LogP contribution is 2.48. The molecule has 2 aromatic rings. The number of hydrogen-bond acceptors (Lipinski definition) is 7. The third kappa shape index (κ3) is 5.33. The van der Waals surface area contributed by atoms with Crippen LogP contribution in [-0.4, -0.2) is 29.7 Å². The third-order valence-electron chi connectivity index (χ3n) is 3.92. The molecule has 164 valence electrons. The lowest BCUT2D eigenvalue weighted by Crippen LogP contribution is -2.35. The highest BCUT2D eigenvalue weighted by atomic mass is 16.7. The largest absolute Gasteiger partial charge is 0.514 e. The fraction of sp³-hybridized carbons (Fsp3) is 0.348. The average molecular weight is 427 g/mol. The summed E-state index contributed by atoms with van der Waals surface area (Å²) in [6.07, 6.45) is -0.798. The first-order valence-electron chi connectivity index (χ1n) is 9.71. The predicted molar refractivity (Wildman–Crippen MR) is 114 cm³/mol. The van der Waals surface area contributed by atoms with Crippen molar-refractivity contribution in [2.24, 2.45) is 0 Å². The molecule has 0 unspecified atom stereocenters. The highest BCUT2D eigenvalue weighted by molar-refractivity contribution is 6.01. The van der Waals surface area contributed by atoms with E-state index in [1.54, 1.807) is 59.7 Å². The van der Waals surface area contributed by atoms with Crippen molar-refractivity contribution in [2.75, 3.05) is 4.90 Å². The van der Waals surface area contributed by atoms with Crippen LogP contribution < -0.4 is 14.4 Å². The van der Waals surface area contributed by atoms with Crippen molar-refractivity contribution in [3.8, 4) is 17.2 Å². The number of aldehydes is 1. The molecule has 8 heteroatoms. The maximum atomic E-state index is 13.0. The van der Waals surface area contributed by atoms with E-state index in [0.29, 0.717) is 23.2 Å². The highest BCUT2D eigenvalue weighted by Gasteiger charge is 2.33. The zero-order valence-electron chi connectivity index (χ0n) is 18.3. The van der Waals surface area contributed by atoms with Gasteiger partial charge >= 0.3 is 12.2 Å². The molecule has 0 saturated heterocycles. The van der Waals surface area contributed by atoms with Crippen LogP contribution in [0.5, 0.6) is 17.2 Å². The topological polar surface area (TPSA) is 91.4 Å². The second-order valence-corrected chi connectivity index (χ2v) is 8.96. The van der Waals surface area contributed by atoms with Crippen LogP contribution >= 0.6 is 0 Å². The Morgan fingerprint density at radius 1 is 0.871 bits per heavy atom. The number of anilines is 2.